The van der Waals surface area contributed by atoms with E-state index in [4.69, 9.17) is 10.8 Å². The van der Waals surface area contributed by atoms with Crippen LogP contribution in [0.3, 0.4) is 0 Å². The van der Waals surface area contributed by atoms with Gasteiger partial charge in [0.1, 0.15) is 6.04 Å². The third-order valence-electron chi connectivity index (χ3n) is 2.81. The number of carbonyl (C=O) groups is 3. The number of allylic oxidation sites excluding steroid dienone is 1. The van der Waals surface area contributed by atoms with Crippen molar-refractivity contribution in [1.82, 2.24) is 5.32 Å². The molecule has 0 fully saturated rings. The largest absolute Gasteiger partial charge is 0.480 e. The fourth-order valence-electron chi connectivity index (χ4n) is 1.92. The SMILES string of the molecule is NC(=O)C[C@H](NC(=O)CC1=CCCCC1)C(=O)O. The first-order valence-corrected chi connectivity index (χ1v) is 5.97. The van der Waals surface area contributed by atoms with E-state index in [0.29, 0.717) is 0 Å². The molecule has 4 N–H and O–H groups in total. The highest BCUT2D eigenvalue weighted by atomic mass is 16.4. The second-order valence-corrected chi connectivity index (χ2v) is 4.41. The molecule has 100 valence electrons. The zero-order chi connectivity index (χ0) is 13.5. The Bertz CT molecular complexity index is 376. The van der Waals surface area contributed by atoms with E-state index in [1.165, 1.54) is 0 Å². The standard InChI is InChI=1S/C12H18N2O4/c13-10(15)7-9(12(17)18)14-11(16)6-8-4-2-1-3-5-8/h4,9H,1-3,5-7H2,(H2,13,15)(H,14,16)(H,17,18)/t9-/m0/s1. The summed E-state index contributed by atoms with van der Waals surface area (Å²) in [6.45, 7) is 0. The Morgan fingerprint density at radius 3 is 2.61 bits per heavy atom. The number of amides is 2. The normalized spacial score (nSPS) is 16.6. The van der Waals surface area contributed by atoms with Crippen LogP contribution in [0.4, 0.5) is 0 Å². The Kier molecular flexibility index (Phi) is 5.35. The number of hydrogen-bond donors (Lipinski definition) is 3. The van der Waals surface area contributed by atoms with Gasteiger partial charge in [0, 0.05) is 6.42 Å². The number of nitrogens with one attached hydrogen (secondary N) is 1. The Labute approximate surface area is 105 Å². The molecule has 0 aromatic heterocycles. The molecule has 1 aliphatic carbocycles. The lowest BCUT2D eigenvalue weighted by atomic mass is 9.97. The number of nitrogens with two attached hydrogens (primary N) is 1. The minimum absolute atomic E-state index is 0.197. The maximum Gasteiger partial charge on any atom is 0.326 e. The van der Waals surface area contributed by atoms with Crippen molar-refractivity contribution in [3.63, 3.8) is 0 Å². The molecule has 1 aliphatic rings. The minimum Gasteiger partial charge on any atom is -0.480 e. The van der Waals surface area contributed by atoms with Crippen molar-refractivity contribution in [3.8, 4) is 0 Å². The molecule has 18 heavy (non-hydrogen) atoms. The molecule has 0 aromatic carbocycles. The average molecular weight is 254 g/mol. The first kappa shape index (κ1) is 14.2. The van der Waals surface area contributed by atoms with Gasteiger partial charge in [0.05, 0.1) is 6.42 Å². The zero-order valence-electron chi connectivity index (χ0n) is 10.1. The van der Waals surface area contributed by atoms with Gasteiger partial charge in [-0.2, -0.15) is 0 Å². The Hall–Kier alpha value is -1.85. The fourth-order valence-corrected chi connectivity index (χ4v) is 1.92. The summed E-state index contributed by atoms with van der Waals surface area (Å²) in [5.41, 5.74) is 5.96. The quantitative estimate of drug-likeness (QED) is 0.593. The highest BCUT2D eigenvalue weighted by Gasteiger charge is 2.22. The summed E-state index contributed by atoms with van der Waals surface area (Å²) in [6, 6.07) is -1.24. The van der Waals surface area contributed by atoms with Gasteiger partial charge in [-0.05, 0) is 25.7 Å². The molecule has 0 saturated heterocycles. The molecule has 0 saturated carbocycles. The summed E-state index contributed by atoms with van der Waals surface area (Å²) >= 11 is 0. The van der Waals surface area contributed by atoms with Crippen LogP contribution >= 0.6 is 0 Å². The van der Waals surface area contributed by atoms with Crippen LogP contribution in [0.2, 0.25) is 0 Å². The van der Waals surface area contributed by atoms with Gasteiger partial charge in [-0.15, -0.1) is 0 Å². The van der Waals surface area contributed by atoms with E-state index in [9.17, 15) is 14.4 Å². The monoisotopic (exact) mass is 254 g/mol. The van der Waals surface area contributed by atoms with Gasteiger partial charge >= 0.3 is 5.97 Å². The number of hydrogen-bond acceptors (Lipinski definition) is 3. The molecule has 0 radical (unpaired) electrons. The first-order chi connectivity index (χ1) is 8.49. The lowest BCUT2D eigenvalue weighted by molar-refractivity contribution is -0.143. The van der Waals surface area contributed by atoms with E-state index in [-0.39, 0.29) is 18.7 Å². The van der Waals surface area contributed by atoms with Crippen LogP contribution in [0.15, 0.2) is 11.6 Å². The van der Waals surface area contributed by atoms with Crippen LogP contribution in [-0.2, 0) is 14.4 Å². The van der Waals surface area contributed by atoms with Crippen molar-refractivity contribution in [2.24, 2.45) is 5.73 Å². The van der Waals surface area contributed by atoms with Crippen molar-refractivity contribution >= 4 is 17.8 Å². The maximum atomic E-state index is 11.6. The van der Waals surface area contributed by atoms with Crippen LogP contribution in [0.25, 0.3) is 0 Å². The van der Waals surface area contributed by atoms with Gasteiger partial charge < -0.3 is 16.2 Å². The average Bonchev–Trinajstić information content (AvgIpc) is 2.28. The second kappa shape index (κ2) is 6.78. The van der Waals surface area contributed by atoms with E-state index < -0.39 is 17.9 Å². The molecular weight excluding hydrogens is 236 g/mol. The van der Waals surface area contributed by atoms with Gasteiger partial charge in [0.15, 0.2) is 0 Å². The summed E-state index contributed by atoms with van der Waals surface area (Å²) in [5, 5.41) is 11.2. The molecule has 0 spiro atoms. The van der Waals surface area contributed by atoms with E-state index in [0.717, 1.165) is 31.3 Å². The lowest BCUT2D eigenvalue weighted by Gasteiger charge is -2.15. The summed E-state index contributed by atoms with van der Waals surface area (Å²) in [6.07, 6.45) is 5.86. The van der Waals surface area contributed by atoms with Gasteiger partial charge in [-0.25, -0.2) is 4.79 Å². The van der Waals surface area contributed by atoms with Crippen molar-refractivity contribution in [2.75, 3.05) is 0 Å². The minimum atomic E-state index is -1.25. The van der Waals surface area contributed by atoms with Crippen molar-refractivity contribution < 1.29 is 19.5 Å². The Balaban J connectivity index is 2.47. The van der Waals surface area contributed by atoms with E-state index in [1.807, 2.05) is 6.08 Å². The summed E-state index contributed by atoms with van der Waals surface area (Å²) in [7, 11) is 0. The zero-order valence-corrected chi connectivity index (χ0v) is 10.1. The molecule has 0 aromatic rings. The topological polar surface area (TPSA) is 109 Å². The summed E-state index contributed by atoms with van der Waals surface area (Å²) in [4.78, 5) is 33.1. The van der Waals surface area contributed by atoms with Gasteiger partial charge in [-0.3, -0.25) is 9.59 Å². The molecule has 1 atom stereocenters. The third-order valence-corrected chi connectivity index (χ3v) is 2.81. The molecule has 0 unspecified atom stereocenters. The lowest BCUT2D eigenvalue weighted by Crippen LogP contribution is -2.43. The number of rotatable bonds is 6. The molecule has 6 heteroatoms. The highest BCUT2D eigenvalue weighted by Crippen LogP contribution is 2.19. The molecule has 0 aliphatic heterocycles. The fraction of sp³-hybridized carbons (Fsp3) is 0.583. The van der Waals surface area contributed by atoms with Crippen molar-refractivity contribution in [1.29, 1.82) is 0 Å². The Morgan fingerprint density at radius 1 is 1.39 bits per heavy atom. The maximum absolute atomic E-state index is 11.6. The molecular formula is C12H18N2O4. The number of aliphatic carboxylic acids is 1. The molecule has 0 heterocycles. The predicted molar refractivity (Wildman–Crippen MR) is 64.5 cm³/mol. The number of carboxylic acids is 1. The van der Waals surface area contributed by atoms with Gasteiger partial charge in [0.25, 0.3) is 0 Å². The summed E-state index contributed by atoms with van der Waals surface area (Å²) in [5.74, 6) is -2.38. The van der Waals surface area contributed by atoms with Crippen LogP contribution in [0.1, 0.15) is 38.5 Å². The van der Waals surface area contributed by atoms with E-state index in [1.54, 1.807) is 0 Å². The van der Waals surface area contributed by atoms with Crippen LogP contribution < -0.4 is 11.1 Å². The third kappa shape index (κ3) is 4.99. The van der Waals surface area contributed by atoms with Crippen molar-refractivity contribution in [3.05, 3.63) is 11.6 Å². The molecule has 6 nitrogen and oxygen atoms in total. The van der Waals surface area contributed by atoms with Crippen LogP contribution in [0, 0.1) is 0 Å². The smallest absolute Gasteiger partial charge is 0.326 e. The number of carboxylic acid groups (broad SMARTS) is 1. The second-order valence-electron chi connectivity index (χ2n) is 4.41. The predicted octanol–water partition coefficient (Wildman–Crippen LogP) is 0.322. The van der Waals surface area contributed by atoms with Crippen LogP contribution in [-0.4, -0.2) is 28.9 Å². The molecule has 2 amide bonds. The Morgan fingerprint density at radius 2 is 2.11 bits per heavy atom. The number of carbonyl (C=O) groups excluding carboxylic acids is 2. The van der Waals surface area contributed by atoms with Gasteiger partial charge in [0.2, 0.25) is 11.8 Å². The molecule has 0 bridgehead atoms. The van der Waals surface area contributed by atoms with E-state index in [2.05, 4.69) is 5.32 Å². The highest BCUT2D eigenvalue weighted by molar-refractivity contribution is 5.88. The molecule has 1 rings (SSSR count). The van der Waals surface area contributed by atoms with Crippen molar-refractivity contribution in [2.45, 2.75) is 44.6 Å². The van der Waals surface area contributed by atoms with Gasteiger partial charge in [-0.1, -0.05) is 11.6 Å². The van der Waals surface area contributed by atoms with E-state index >= 15 is 0 Å². The summed E-state index contributed by atoms with van der Waals surface area (Å²) < 4.78 is 0. The van der Waals surface area contributed by atoms with Crippen LogP contribution in [0.5, 0.6) is 0 Å². The number of primary amides is 1. The first-order valence-electron chi connectivity index (χ1n) is 5.97.